The normalized spacial score (nSPS) is 18.3. The Morgan fingerprint density at radius 2 is 2.43 bits per heavy atom. The molecule has 1 saturated heterocycles. The first-order valence-corrected chi connectivity index (χ1v) is 8.27. The second kappa shape index (κ2) is 6.39. The van der Waals surface area contributed by atoms with E-state index in [1.807, 2.05) is 34.3 Å². The Balaban J connectivity index is 1.56. The van der Waals surface area contributed by atoms with E-state index in [2.05, 4.69) is 10.1 Å². The zero-order valence-corrected chi connectivity index (χ0v) is 13.1. The zero-order valence-electron chi connectivity index (χ0n) is 12.2. The van der Waals surface area contributed by atoms with Gasteiger partial charge in [0.25, 0.3) is 0 Å². The molecule has 0 aliphatic carbocycles. The number of carbonyl (C=O) groups excluding carboxylic acids is 1. The van der Waals surface area contributed by atoms with Gasteiger partial charge in [-0.1, -0.05) is 0 Å². The van der Waals surface area contributed by atoms with Gasteiger partial charge in [0.05, 0.1) is 23.8 Å². The molecule has 0 spiro atoms. The molecular formula is C15H20N4OS. The minimum Gasteiger partial charge on any atom is -0.338 e. The monoisotopic (exact) mass is 304 g/mol. The van der Waals surface area contributed by atoms with E-state index < -0.39 is 0 Å². The quantitative estimate of drug-likeness (QED) is 0.851. The zero-order chi connectivity index (χ0) is 14.7. The highest BCUT2D eigenvalue weighted by Gasteiger charge is 2.28. The first kappa shape index (κ1) is 14.3. The maximum Gasteiger partial charge on any atom is 0.223 e. The van der Waals surface area contributed by atoms with Gasteiger partial charge in [-0.15, -0.1) is 11.3 Å². The number of hydrogen-bond donors (Lipinski definition) is 0. The molecule has 0 saturated carbocycles. The number of rotatable bonds is 5. The van der Waals surface area contributed by atoms with Crippen LogP contribution in [0.2, 0.25) is 0 Å². The lowest BCUT2D eigenvalue weighted by atomic mass is 10.2. The van der Waals surface area contributed by atoms with Gasteiger partial charge in [-0.2, -0.15) is 5.10 Å². The summed E-state index contributed by atoms with van der Waals surface area (Å²) in [7, 11) is 0. The smallest absolute Gasteiger partial charge is 0.223 e. The van der Waals surface area contributed by atoms with Gasteiger partial charge in [-0.05, 0) is 25.3 Å². The average Bonchev–Trinajstić information content (AvgIpc) is 3.19. The van der Waals surface area contributed by atoms with Crippen LogP contribution in [0, 0.1) is 6.92 Å². The summed E-state index contributed by atoms with van der Waals surface area (Å²) in [5.74, 6) is 0.247. The Kier molecular flexibility index (Phi) is 4.34. The van der Waals surface area contributed by atoms with Gasteiger partial charge >= 0.3 is 0 Å². The summed E-state index contributed by atoms with van der Waals surface area (Å²) in [6, 6.07) is 0.285. The van der Waals surface area contributed by atoms with Crippen LogP contribution in [-0.2, 0) is 17.8 Å². The molecule has 0 bridgehead atoms. The number of nitrogens with zero attached hydrogens (tertiary/aromatic N) is 4. The molecular weight excluding hydrogens is 284 g/mol. The summed E-state index contributed by atoms with van der Waals surface area (Å²) in [5, 5.41) is 7.33. The minimum absolute atomic E-state index is 0.247. The molecule has 0 aromatic carbocycles. The van der Waals surface area contributed by atoms with Crippen LogP contribution in [0.15, 0.2) is 24.0 Å². The lowest BCUT2D eigenvalue weighted by Crippen LogP contribution is -2.38. The van der Waals surface area contributed by atoms with Crippen molar-refractivity contribution in [3.63, 3.8) is 0 Å². The van der Waals surface area contributed by atoms with Gasteiger partial charge < -0.3 is 4.90 Å². The van der Waals surface area contributed by atoms with Crippen LogP contribution >= 0.6 is 11.3 Å². The first-order valence-electron chi connectivity index (χ1n) is 7.39. The molecule has 5 nitrogen and oxygen atoms in total. The molecule has 0 N–H and O–H groups in total. The lowest BCUT2D eigenvalue weighted by Gasteiger charge is -2.24. The number of amides is 1. The van der Waals surface area contributed by atoms with E-state index in [-0.39, 0.29) is 11.9 Å². The fourth-order valence-corrected chi connectivity index (χ4v) is 3.49. The predicted octanol–water partition coefficient (Wildman–Crippen LogP) is 2.27. The molecule has 1 atom stereocenters. The van der Waals surface area contributed by atoms with Crippen LogP contribution in [-0.4, -0.2) is 38.2 Å². The molecule has 1 amide bonds. The third-order valence-electron chi connectivity index (χ3n) is 3.89. The van der Waals surface area contributed by atoms with Crippen molar-refractivity contribution in [2.24, 2.45) is 0 Å². The summed E-state index contributed by atoms with van der Waals surface area (Å²) in [6.45, 7) is 3.72. The minimum atomic E-state index is 0.247. The lowest BCUT2D eigenvalue weighted by molar-refractivity contribution is -0.132. The van der Waals surface area contributed by atoms with Crippen molar-refractivity contribution in [2.75, 3.05) is 6.54 Å². The summed E-state index contributed by atoms with van der Waals surface area (Å²) < 4.78 is 1.95. The van der Waals surface area contributed by atoms with Gasteiger partial charge in [0, 0.05) is 37.2 Å². The van der Waals surface area contributed by atoms with Crippen LogP contribution < -0.4 is 0 Å². The maximum atomic E-state index is 12.4. The van der Waals surface area contributed by atoms with Crippen molar-refractivity contribution in [3.05, 3.63) is 34.5 Å². The van der Waals surface area contributed by atoms with E-state index in [0.717, 1.165) is 42.9 Å². The number of hydrogen-bond acceptors (Lipinski definition) is 4. The number of carbonyl (C=O) groups is 1. The summed E-state index contributed by atoms with van der Waals surface area (Å²) >= 11 is 1.62. The SMILES string of the molecule is Cc1cnn(C[C@H]2CCCN2C(=O)CCc2nccs2)c1. The third kappa shape index (κ3) is 3.50. The molecule has 6 heteroatoms. The molecule has 1 aliphatic heterocycles. The third-order valence-corrected chi connectivity index (χ3v) is 4.73. The largest absolute Gasteiger partial charge is 0.338 e. The van der Waals surface area contributed by atoms with E-state index >= 15 is 0 Å². The fourth-order valence-electron chi connectivity index (χ4n) is 2.87. The topological polar surface area (TPSA) is 51.0 Å². The molecule has 2 aromatic heterocycles. The van der Waals surface area contributed by atoms with Gasteiger partial charge in [0.1, 0.15) is 0 Å². The Morgan fingerprint density at radius 3 is 3.14 bits per heavy atom. The van der Waals surface area contributed by atoms with E-state index in [1.54, 1.807) is 17.5 Å². The highest BCUT2D eigenvalue weighted by molar-refractivity contribution is 7.09. The van der Waals surface area contributed by atoms with Gasteiger partial charge in [0.15, 0.2) is 0 Å². The highest BCUT2D eigenvalue weighted by Crippen LogP contribution is 2.20. The molecule has 2 aromatic rings. The molecule has 112 valence electrons. The van der Waals surface area contributed by atoms with Gasteiger partial charge in [0.2, 0.25) is 5.91 Å². The second-order valence-electron chi connectivity index (χ2n) is 5.55. The second-order valence-corrected chi connectivity index (χ2v) is 6.53. The molecule has 0 radical (unpaired) electrons. The Morgan fingerprint density at radius 1 is 1.52 bits per heavy atom. The summed E-state index contributed by atoms with van der Waals surface area (Å²) in [5.41, 5.74) is 1.16. The van der Waals surface area contributed by atoms with Crippen LogP contribution in [0.25, 0.3) is 0 Å². The average molecular weight is 304 g/mol. The highest BCUT2D eigenvalue weighted by atomic mass is 32.1. The summed E-state index contributed by atoms with van der Waals surface area (Å²) in [4.78, 5) is 18.7. The Labute approximate surface area is 128 Å². The van der Waals surface area contributed by atoms with E-state index in [1.165, 1.54) is 0 Å². The molecule has 1 aliphatic rings. The number of aromatic nitrogens is 3. The van der Waals surface area contributed by atoms with Crippen LogP contribution in [0.3, 0.4) is 0 Å². The number of likely N-dealkylation sites (tertiary alicyclic amines) is 1. The molecule has 1 fully saturated rings. The molecule has 0 unspecified atom stereocenters. The van der Waals surface area contributed by atoms with E-state index in [9.17, 15) is 4.79 Å². The van der Waals surface area contributed by atoms with Crippen molar-refractivity contribution in [3.8, 4) is 0 Å². The van der Waals surface area contributed by atoms with E-state index in [4.69, 9.17) is 0 Å². The molecule has 21 heavy (non-hydrogen) atoms. The van der Waals surface area contributed by atoms with E-state index in [0.29, 0.717) is 6.42 Å². The van der Waals surface area contributed by atoms with Crippen molar-refractivity contribution >= 4 is 17.2 Å². The van der Waals surface area contributed by atoms with Crippen molar-refractivity contribution in [1.29, 1.82) is 0 Å². The van der Waals surface area contributed by atoms with Crippen molar-refractivity contribution in [2.45, 2.75) is 45.2 Å². The van der Waals surface area contributed by atoms with Crippen molar-refractivity contribution in [1.82, 2.24) is 19.7 Å². The van der Waals surface area contributed by atoms with Gasteiger partial charge in [-0.3, -0.25) is 9.48 Å². The van der Waals surface area contributed by atoms with Crippen LogP contribution in [0.4, 0.5) is 0 Å². The van der Waals surface area contributed by atoms with Gasteiger partial charge in [-0.25, -0.2) is 4.98 Å². The molecule has 3 heterocycles. The first-order chi connectivity index (χ1) is 10.2. The fraction of sp³-hybridized carbons (Fsp3) is 0.533. The molecule has 3 rings (SSSR count). The van der Waals surface area contributed by atoms with Crippen LogP contribution in [0.1, 0.15) is 29.8 Å². The Bertz CT molecular complexity index is 593. The Hall–Kier alpha value is -1.69. The standard InChI is InChI=1S/C15H20N4OS/c1-12-9-17-18(10-12)11-13-3-2-7-19(13)15(20)5-4-14-16-6-8-21-14/h6,8-10,13H,2-5,7,11H2,1H3/t13-/m1/s1. The maximum absolute atomic E-state index is 12.4. The van der Waals surface area contributed by atoms with Crippen molar-refractivity contribution < 1.29 is 4.79 Å². The predicted molar refractivity (Wildman–Crippen MR) is 82.1 cm³/mol. The number of thiazole rings is 1. The summed E-state index contributed by atoms with van der Waals surface area (Å²) in [6.07, 6.45) is 9.17. The number of aryl methyl sites for hydroxylation is 2. The van der Waals surface area contributed by atoms with Crippen LogP contribution in [0.5, 0.6) is 0 Å².